The molecule has 1 fully saturated rings. The van der Waals surface area contributed by atoms with E-state index in [0.717, 1.165) is 37.5 Å². The Morgan fingerprint density at radius 1 is 1.44 bits per heavy atom. The molecule has 0 aromatic carbocycles. The zero-order valence-electron chi connectivity index (χ0n) is 9.59. The summed E-state index contributed by atoms with van der Waals surface area (Å²) in [7, 11) is 1.42. The highest BCUT2D eigenvalue weighted by molar-refractivity contribution is 5.78. The van der Waals surface area contributed by atoms with Crippen LogP contribution in [0.2, 0.25) is 0 Å². The minimum Gasteiger partial charge on any atom is -0.339 e. The van der Waals surface area contributed by atoms with Crippen molar-refractivity contribution in [3.8, 4) is 0 Å². The van der Waals surface area contributed by atoms with E-state index >= 15 is 0 Å². The molecule has 1 saturated heterocycles. The number of rotatable bonds is 4. The topological polar surface area (TPSA) is 35.6 Å². The van der Waals surface area contributed by atoms with Gasteiger partial charge in [-0.25, -0.2) is 8.78 Å². The van der Waals surface area contributed by atoms with E-state index in [1.807, 2.05) is 4.90 Å². The summed E-state index contributed by atoms with van der Waals surface area (Å²) >= 11 is 0. The summed E-state index contributed by atoms with van der Waals surface area (Å²) in [5.74, 6) is -0.234. The fourth-order valence-corrected chi connectivity index (χ4v) is 1.68. The lowest BCUT2D eigenvalue weighted by Gasteiger charge is -2.23. The minimum atomic E-state index is -2.46. The lowest BCUT2D eigenvalue weighted by Crippen LogP contribution is -2.41. The maximum atomic E-state index is 12.1. The second-order valence-electron chi connectivity index (χ2n) is 4.05. The predicted octanol–water partition coefficient (Wildman–Crippen LogP) is 0.00520. The Hall–Kier alpha value is -0.750. The molecule has 16 heavy (non-hydrogen) atoms. The summed E-state index contributed by atoms with van der Waals surface area (Å²) in [6.07, 6.45) is -1.47. The number of carbonyl (C=O) groups is 1. The molecule has 0 atom stereocenters. The number of hydrogen-bond acceptors (Lipinski definition) is 3. The maximum Gasteiger partial charge on any atom is 0.255 e. The fraction of sp³-hybridized carbons (Fsp3) is 0.900. The number of alkyl halides is 2. The van der Waals surface area contributed by atoms with Gasteiger partial charge in [0.2, 0.25) is 5.91 Å². The SMILES string of the molecule is CN(CC(F)F)C(=O)CN1CCCNCC1. The Bertz CT molecular complexity index is 218. The van der Waals surface area contributed by atoms with Crippen LogP contribution in [0.15, 0.2) is 0 Å². The zero-order valence-corrected chi connectivity index (χ0v) is 9.59. The quantitative estimate of drug-likeness (QED) is 0.745. The molecule has 1 N–H and O–H groups in total. The number of carbonyl (C=O) groups excluding carboxylic acids is 1. The maximum absolute atomic E-state index is 12.1. The molecular weight excluding hydrogens is 216 g/mol. The molecule has 1 aliphatic rings. The number of amides is 1. The Morgan fingerprint density at radius 2 is 2.19 bits per heavy atom. The van der Waals surface area contributed by atoms with Crippen molar-refractivity contribution in [2.45, 2.75) is 12.8 Å². The number of hydrogen-bond donors (Lipinski definition) is 1. The Kier molecular flexibility index (Phi) is 5.62. The predicted molar refractivity (Wildman–Crippen MR) is 57.6 cm³/mol. The van der Waals surface area contributed by atoms with Gasteiger partial charge in [-0.2, -0.15) is 0 Å². The van der Waals surface area contributed by atoms with Gasteiger partial charge in [-0.3, -0.25) is 9.69 Å². The third kappa shape index (κ3) is 4.85. The molecule has 1 amide bonds. The Balaban J connectivity index is 2.31. The molecule has 0 bridgehead atoms. The summed E-state index contributed by atoms with van der Waals surface area (Å²) in [6, 6.07) is 0. The number of halogens is 2. The highest BCUT2D eigenvalue weighted by Crippen LogP contribution is 2.00. The molecule has 0 unspecified atom stereocenters. The smallest absolute Gasteiger partial charge is 0.255 e. The number of nitrogens with zero attached hydrogens (tertiary/aromatic N) is 2. The van der Waals surface area contributed by atoms with Crippen LogP contribution in [0.25, 0.3) is 0 Å². The molecule has 0 spiro atoms. The van der Waals surface area contributed by atoms with Crippen LogP contribution in [0.3, 0.4) is 0 Å². The van der Waals surface area contributed by atoms with Crippen LogP contribution in [0.4, 0.5) is 8.78 Å². The summed E-state index contributed by atoms with van der Waals surface area (Å²) in [4.78, 5) is 14.7. The first-order valence-electron chi connectivity index (χ1n) is 5.55. The van der Waals surface area contributed by atoms with Crippen molar-refractivity contribution in [1.29, 1.82) is 0 Å². The molecule has 6 heteroatoms. The first-order chi connectivity index (χ1) is 7.59. The average Bonchev–Trinajstić information content (AvgIpc) is 2.45. The molecule has 1 heterocycles. The lowest BCUT2D eigenvalue weighted by atomic mass is 10.3. The molecule has 0 saturated carbocycles. The first-order valence-corrected chi connectivity index (χ1v) is 5.55. The van der Waals surface area contributed by atoms with E-state index in [9.17, 15) is 13.6 Å². The van der Waals surface area contributed by atoms with E-state index < -0.39 is 13.0 Å². The van der Waals surface area contributed by atoms with Crippen LogP contribution in [0.1, 0.15) is 6.42 Å². The number of nitrogens with one attached hydrogen (secondary N) is 1. The lowest BCUT2D eigenvalue weighted by molar-refractivity contribution is -0.132. The van der Waals surface area contributed by atoms with E-state index in [-0.39, 0.29) is 12.5 Å². The van der Waals surface area contributed by atoms with Gasteiger partial charge < -0.3 is 10.2 Å². The van der Waals surface area contributed by atoms with E-state index in [0.29, 0.717) is 0 Å². The minimum absolute atomic E-state index is 0.234. The summed E-state index contributed by atoms with van der Waals surface area (Å²) in [6.45, 7) is 3.22. The van der Waals surface area contributed by atoms with Crippen LogP contribution in [-0.2, 0) is 4.79 Å². The van der Waals surface area contributed by atoms with Crippen LogP contribution in [0, 0.1) is 0 Å². The molecule has 0 aliphatic carbocycles. The average molecular weight is 235 g/mol. The van der Waals surface area contributed by atoms with Crippen molar-refractivity contribution in [1.82, 2.24) is 15.1 Å². The zero-order chi connectivity index (χ0) is 12.0. The summed E-state index contributed by atoms with van der Waals surface area (Å²) < 4.78 is 24.1. The molecule has 0 aromatic heterocycles. The van der Waals surface area contributed by atoms with Gasteiger partial charge in [0.15, 0.2) is 0 Å². The van der Waals surface area contributed by atoms with Crippen molar-refractivity contribution >= 4 is 5.91 Å². The monoisotopic (exact) mass is 235 g/mol. The molecule has 1 aliphatic heterocycles. The van der Waals surface area contributed by atoms with Gasteiger partial charge in [0.25, 0.3) is 6.43 Å². The second-order valence-corrected chi connectivity index (χ2v) is 4.05. The van der Waals surface area contributed by atoms with Crippen LogP contribution >= 0.6 is 0 Å². The fourth-order valence-electron chi connectivity index (χ4n) is 1.68. The van der Waals surface area contributed by atoms with E-state index in [1.165, 1.54) is 7.05 Å². The Labute approximate surface area is 94.6 Å². The molecular formula is C10H19F2N3O. The van der Waals surface area contributed by atoms with Crippen LogP contribution < -0.4 is 5.32 Å². The largest absolute Gasteiger partial charge is 0.339 e. The standard InChI is InChI=1S/C10H19F2N3O/c1-14(7-9(11)12)10(16)8-15-5-2-3-13-4-6-15/h9,13H,2-8H2,1H3. The third-order valence-electron chi connectivity index (χ3n) is 2.63. The van der Waals surface area contributed by atoms with Gasteiger partial charge in [-0.1, -0.05) is 0 Å². The van der Waals surface area contributed by atoms with E-state index in [2.05, 4.69) is 5.32 Å². The van der Waals surface area contributed by atoms with E-state index in [4.69, 9.17) is 0 Å². The number of likely N-dealkylation sites (N-methyl/N-ethyl adjacent to an activating group) is 1. The molecule has 0 aromatic rings. The second kappa shape index (κ2) is 6.75. The molecule has 1 rings (SSSR count). The third-order valence-corrected chi connectivity index (χ3v) is 2.63. The van der Waals surface area contributed by atoms with Gasteiger partial charge in [-0.15, -0.1) is 0 Å². The first kappa shape index (κ1) is 13.3. The van der Waals surface area contributed by atoms with Crippen molar-refractivity contribution in [3.05, 3.63) is 0 Å². The van der Waals surface area contributed by atoms with Crippen molar-refractivity contribution < 1.29 is 13.6 Å². The summed E-state index contributed by atoms with van der Waals surface area (Å²) in [5, 5.41) is 3.23. The van der Waals surface area contributed by atoms with Gasteiger partial charge in [0.1, 0.15) is 0 Å². The van der Waals surface area contributed by atoms with Crippen LogP contribution in [-0.4, -0.2) is 68.4 Å². The normalized spacial score (nSPS) is 18.5. The highest BCUT2D eigenvalue weighted by Gasteiger charge is 2.17. The van der Waals surface area contributed by atoms with Crippen LogP contribution in [0.5, 0.6) is 0 Å². The van der Waals surface area contributed by atoms with E-state index in [1.54, 1.807) is 0 Å². The van der Waals surface area contributed by atoms with Gasteiger partial charge >= 0.3 is 0 Å². The van der Waals surface area contributed by atoms with Gasteiger partial charge in [0.05, 0.1) is 13.1 Å². The summed E-state index contributed by atoms with van der Waals surface area (Å²) in [5.41, 5.74) is 0. The molecule has 94 valence electrons. The van der Waals surface area contributed by atoms with Gasteiger partial charge in [0, 0.05) is 20.1 Å². The Morgan fingerprint density at radius 3 is 2.88 bits per heavy atom. The highest BCUT2D eigenvalue weighted by atomic mass is 19.3. The van der Waals surface area contributed by atoms with Crippen molar-refractivity contribution in [2.24, 2.45) is 0 Å². The van der Waals surface area contributed by atoms with Crippen molar-refractivity contribution in [2.75, 3.05) is 46.3 Å². The molecule has 4 nitrogen and oxygen atoms in total. The van der Waals surface area contributed by atoms with Gasteiger partial charge in [-0.05, 0) is 19.5 Å². The van der Waals surface area contributed by atoms with Crippen molar-refractivity contribution in [3.63, 3.8) is 0 Å². The molecule has 0 radical (unpaired) electrons.